The number of hydrogen-bond acceptors (Lipinski definition) is 5. The Bertz CT molecular complexity index is 1140. The van der Waals surface area contributed by atoms with Crippen molar-refractivity contribution >= 4 is 23.7 Å². The van der Waals surface area contributed by atoms with Crippen LogP contribution in [0.2, 0.25) is 0 Å². The first kappa shape index (κ1) is 31.5. The van der Waals surface area contributed by atoms with Crippen LogP contribution in [-0.2, 0) is 4.74 Å². The molecular weight excluding hydrogens is 516 g/mol. The van der Waals surface area contributed by atoms with E-state index in [1.165, 1.54) is 56.3 Å². The third-order valence-corrected chi connectivity index (χ3v) is 7.95. The predicted octanol–water partition coefficient (Wildman–Crippen LogP) is 10.2. The second-order valence-electron chi connectivity index (χ2n) is 10.2. The lowest BCUT2D eigenvalue weighted by atomic mass is 10.0. The van der Waals surface area contributed by atoms with Crippen molar-refractivity contribution in [2.75, 3.05) is 12.4 Å². The normalized spacial score (nSPS) is 10.8. The van der Waals surface area contributed by atoms with Crippen molar-refractivity contribution in [3.05, 3.63) is 83.9 Å². The van der Waals surface area contributed by atoms with Crippen LogP contribution in [0.1, 0.15) is 105 Å². The minimum Gasteiger partial charge on any atom is -0.462 e. The van der Waals surface area contributed by atoms with Crippen molar-refractivity contribution in [3.8, 4) is 16.9 Å². The second kappa shape index (κ2) is 18.3. The van der Waals surface area contributed by atoms with Gasteiger partial charge in [-0.1, -0.05) is 95.9 Å². The molecule has 3 rings (SSSR count). The summed E-state index contributed by atoms with van der Waals surface area (Å²) < 4.78 is 10.8. The fourth-order valence-electron chi connectivity index (χ4n) is 4.39. The van der Waals surface area contributed by atoms with E-state index in [4.69, 9.17) is 9.47 Å². The molecule has 0 heterocycles. The summed E-state index contributed by atoms with van der Waals surface area (Å²) >= 11 is 1.92. The van der Waals surface area contributed by atoms with Crippen LogP contribution >= 0.6 is 11.8 Å². The number of carbonyl (C=O) groups is 2. The number of unbranched alkanes of at least 4 members (excludes halogenated alkanes) is 9. The Kier molecular flexibility index (Phi) is 14.4. The van der Waals surface area contributed by atoms with Gasteiger partial charge in [-0.3, -0.25) is 0 Å². The van der Waals surface area contributed by atoms with Gasteiger partial charge in [-0.2, -0.15) is 0 Å². The summed E-state index contributed by atoms with van der Waals surface area (Å²) in [7, 11) is 0. The van der Waals surface area contributed by atoms with Gasteiger partial charge in [0.1, 0.15) is 5.75 Å². The van der Waals surface area contributed by atoms with E-state index in [2.05, 4.69) is 38.1 Å². The topological polar surface area (TPSA) is 52.6 Å². The molecule has 5 heteroatoms. The van der Waals surface area contributed by atoms with E-state index in [9.17, 15) is 9.59 Å². The molecule has 0 atom stereocenters. The molecule has 0 saturated heterocycles. The number of thioether (sulfide) groups is 1. The maximum Gasteiger partial charge on any atom is 0.343 e. The molecule has 3 aromatic rings. The average Bonchev–Trinajstić information content (AvgIpc) is 2.99. The zero-order chi connectivity index (χ0) is 28.4. The number of esters is 2. The maximum atomic E-state index is 12.6. The highest BCUT2D eigenvalue weighted by molar-refractivity contribution is 7.99. The van der Waals surface area contributed by atoms with Gasteiger partial charge in [-0.25, -0.2) is 9.59 Å². The zero-order valence-electron chi connectivity index (χ0n) is 24.2. The van der Waals surface area contributed by atoms with Gasteiger partial charge < -0.3 is 9.47 Å². The monoisotopic (exact) mass is 560 g/mol. The van der Waals surface area contributed by atoms with Crippen LogP contribution in [0.3, 0.4) is 0 Å². The molecule has 214 valence electrons. The number of rotatable bonds is 18. The highest BCUT2D eigenvalue weighted by Crippen LogP contribution is 2.26. The molecule has 0 unspecified atom stereocenters. The van der Waals surface area contributed by atoms with E-state index in [0.29, 0.717) is 23.5 Å². The van der Waals surface area contributed by atoms with Crippen LogP contribution in [-0.4, -0.2) is 24.3 Å². The molecule has 0 amide bonds. The number of carbonyl (C=O) groups excluding carboxylic acids is 2. The third kappa shape index (κ3) is 11.2. The van der Waals surface area contributed by atoms with Gasteiger partial charge in [0.15, 0.2) is 0 Å². The summed E-state index contributed by atoms with van der Waals surface area (Å²) in [6.45, 7) is 4.79. The van der Waals surface area contributed by atoms with Crippen molar-refractivity contribution in [1.29, 1.82) is 0 Å². The van der Waals surface area contributed by atoms with Gasteiger partial charge in [0, 0.05) is 4.90 Å². The molecule has 4 nitrogen and oxygen atoms in total. The highest BCUT2D eigenvalue weighted by Gasteiger charge is 2.11. The Morgan fingerprint density at radius 3 is 1.70 bits per heavy atom. The fraction of sp³-hybridized carbons (Fsp3) is 0.429. The van der Waals surface area contributed by atoms with Crippen LogP contribution in [0, 0.1) is 0 Å². The zero-order valence-corrected chi connectivity index (χ0v) is 25.0. The van der Waals surface area contributed by atoms with E-state index < -0.39 is 5.97 Å². The molecule has 0 bridgehead atoms. The van der Waals surface area contributed by atoms with Gasteiger partial charge in [0.2, 0.25) is 0 Å². The molecule has 0 saturated carbocycles. The molecule has 0 aromatic heterocycles. The fourth-order valence-corrected chi connectivity index (χ4v) is 5.31. The Balaban J connectivity index is 1.41. The minimum absolute atomic E-state index is 0.361. The molecule has 0 spiro atoms. The summed E-state index contributed by atoms with van der Waals surface area (Å²) in [6.07, 6.45) is 13.8. The van der Waals surface area contributed by atoms with E-state index in [0.717, 1.165) is 36.1 Å². The standard InChI is InChI=1S/C35H44O4S/c1-3-5-7-8-9-10-11-13-27-40-33-24-20-29(21-25-33)28-14-16-31(17-15-28)35(37)39-32-22-18-30(19-23-32)34(36)38-26-12-6-4-2/h14-25H,3-13,26-27H2,1-2H3. The van der Waals surface area contributed by atoms with Crippen LogP contribution in [0.25, 0.3) is 11.1 Å². The van der Waals surface area contributed by atoms with Gasteiger partial charge in [-0.15, -0.1) is 11.8 Å². The summed E-state index contributed by atoms with van der Waals surface area (Å²) in [5, 5.41) is 0. The van der Waals surface area contributed by atoms with Crippen molar-refractivity contribution in [2.24, 2.45) is 0 Å². The van der Waals surface area contributed by atoms with Crippen LogP contribution in [0.4, 0.5) is 0 Å². The highest BCUT2D eigenvalue weighted by atomic mass is 32.2. The Labute approximate surface area is 244 Å². The number of benzene rings is 3. The SMILES string of the molecule is CCCCCCCCCCSc1ccc(-c2ccc(C(=O)Oc3ccc(C(=O)OCCCCC)cc3)cc2)cc1. The first-order valence-corrected chi connectivity index (χ1v) is 15.9. The molecule has 0 aliphatic heterocycles. The second-order valence-corrected chi connectivity index (χ2v) is 11.4. The molecule has 0 aliphatic carbocycles. The molecular formula is C35H44O4S. The summed E-state index contributed by atoms with van der Waals surface area (Å²) in [4.78, 5) is 26.0. The van der Waals surface area contributed by atoms with Crippen LogP contribution < -0.4 is 4.74 Å². The number of ether oxygens (including phenoxy) is 2. The lowest BCUT2D eigenvalue weighted by Crippen LogP contribution is -2.09. The first-order valence-electron chi connectivity index (χ1n) is 14.9. The minimum atomic E-state index is -0.436. The molecule has 0 fully saturated rings. The van der Waals surface area contributed by atoms with Crippen LogP contribution in [0.15, 0.2) is 77.7 Å². The Hall–Kier alpha value is -3.05. The summed E-state index contributed by atoms with van der Waals surface area (Å²) in [5.41, 5.74) is 3.09. The first-order chi connectivity index (χ1) is 19.6. The molecule has 0 radical (unpaired) electrons. The quantitative estimate of drug-likeness (QED) is 0.0670. The Morgan fingerprint density at radius 1 is 0.575 bits per heavy atom. The van der Waals surface area contributed by atoms with Gasteiger partial charge in [0.05, 0.1) is 17.7 Å². The van der Waals surface area contributed by atoms with E-state index >= 15 is 0 Å². The molecule has 3 aromatic carbocycles. The van der Waals surface area contributed by atoms with Crippen molar-refractivity contribution in [3.63, 3.8) is 0 Å². The molecule has 0 aliphatic rings. The molecule has 40 heavy (non-hydrogen) atoms. The van der Waals surface area contributed by atoms with Crippen molar-refractivity contribution in [1.82, 2.24) is 0 Å². The van der Waals surface area contributed by atoms with E-state index in [1.54, 1.807) is 36.4 Å². The van der Waals surface area contributed by atoms with Gasteiger partial charge in [-0.05, 0) is 78.3 Å². The Morgan fingerprint density at radius 2 is 1.07 bits per heavy atom. The molecule has 0 N–H and O–H groups in total. The third-order valence-electron chi connectivity index (χ3n) is 6.86. The average molecular weight is 561 g/mol. The lowest BCUT2D eigenvalue weighted by Gasteiger charge is -2.08. The van der Waals surface area contributed by atoms with E-state index in [-0.39, 0.29) is 5.97 Å². The van der Waals surface area contributed by atoms with E-state index in [1.807, 2.05) is 23.9 Å². The predicted molar refractivity (Wildman–Crippen MR) is 166 cm³/mol. The summed E-state index contributed by atoms with van der Waals surface area (Å²) in [5.74, 6) is 0.752. The van der Waals surface area contributed by atoms with Crippen LogP contribution in [0.5, 0.6) is 5.75 Å². The lowest BCUT2D eigenvalue weighted by molar-refractivity contribution is 0.0498. The van der Waals surface area contributed by atoms with Gasteiger partial charge >= 0.3 is 11.9 Å². The van der Waals surface area contributed by atoms with Gasteiger partial charge in [0.25, 0.3) is 0 Å². The smallest absolute Gasteiger partial charge is 0.343 e. The van der Waals surface area contributed by atoms with Crippen molar-refractivity contribution < 1.29 is 19.1 Å². The van der Waals surface area contributed by atoms with Crippen molar-refractivity contribution in [2.45, 2.75) is 89.4 Å². The largest absolute Gasteiger partial charge is 0.462 e. The number of hydrogen-bond donors (Lipinski definition) is 0. The maximum absolute atomic E-state index is 12.6. The summed E-state index contributed by atoms with van der Waals surface area (Å²) in [6, 6.07) is 22.5.